The third-order valence-electron chi connectivity index (χ3n) is 2.69. The average molecular weight is 298 g/mol. The van der Waals surface area contributed by atoms with Gasteiger partial charge in [0.25, 0.3) is 0 Å². The zero-order chi connectivity index (χ0) is 14.7. The molecule has 0 spiro atoms. The molecule has 0 saturated carbocycles. The van der Waals surface area contributed by atoms with Gasteiger partial charge in [0, 0.05) is 5.56 Å². The van der Waals surface area contributed by atoms with Crippen molar-refractivity contribution in [2.75, 3.05) is 5.32 Å². The van der Waals surface area contributed by atoms with Crippen LogP contribution in [0.5, 0.6) is 0 Å². The van der Waals surface area contributed by atoms with Crippen molar-refractivity contribution in [3.05, 3.63) is 64.7 Å². The lowest BCUT2D eigenvalue weighted by molar-refractivity contribution is -0.138. The molecule has 3 nitrogen and oxygen atoms in total. The van der Waals surface area contributed by atoms with Gasteiger partial charge >= 0.3 is 5.97 Å². The van der Waals surface area contributed by atoms with E-state index in [1.165, 1.54) is 0 Å². The molecule has 0 aromatic heterocycles. The Morgan fingerprint density at radius 1 is 1.20 bits per heavy atom. The van der Waals surface area contributed by atoms with Crippen LogP contribution in [-0.4, -0.2) is 11.1 Å². The van der Waals surface area contributed by atoms with Gasteiger partial charge in [-0.25, -0.2) is 13.6 Å². The molecule has 1 atom stereocenters. The van der Waals surface area contributed by atoms with Crippen molar-refractivity contribution in [1.82, 2.24) is 0 Å². The monoisotopic (exact) mass is 297 g/mol. The Morgan fingerprint density at radius 2 is 1.90 bits per heavy atom. The quantitative estimate of drug-likeness (QED) is 0.901. The molecule has 0 fully saturated rings. The first-order valence-corrected chi connectivity index (χ1v) is 6.05. The third kappa shape index (κ3) is 3.05. The van der Waals surface area contributed by atoms with Crippen LogP contribution in [0, 0.1) is 11.6 Å². The van der Waals surface area contributed by atoms with E-state index in [1.54, 1.807) is 24.3 Å². The standard InChI is InChI=1S/C14H10ClF2NO2/c15-10-3-1-2-4-12(10)18-13(14(19)20)9-7-8(16)5-6-11(9)17/h1-7,13,18H,(H,19,20). The Labute approximate surface area is 118 Å². The summed E-state index contributed by atoms with van der Waals surface area (Å²) in [5.41, 5.74) is 0.0302. The maximum Gasteiger partial charge on any atom is 0.330 e. The molecule has 2 aromatic carbocycles. The van der Waals surface area contributed by atoms with Crippen LogP contribution in [0.4, 0.5) is 14.5 Å². The minimum absolute atomic E-state index is 0.288. The van der Waals surface area contributed by atoms with Gasteiger partial charge in [-0.15, -0.1) is 0 Å². The second-order valence-electron chi connectivity index (χ2n) is 4.06. The lowest BCUT2D eigenvalue weighted by Gasteiger charge is -2.17. The molecule has 0 aliphatic carbocycles. The number of hydrogen-bond acceptors (Lipinski definition) is 2. The molecular formula is C14H10ClF2NO2. The second kappa shape index (κ2) is 5.88. The predicted molar refractivity (Wildman–Crippen MR) is 71.8 cm³/mol. The van der Waals surface area contributed by atoms with E-state index >= 15 is 0 Å². The normalized spacial score (nSPS) is 11.9. The lowest BCUT2D eigenvalue weighted by Crippen LogP contribution is -2.22. The number of halogens is 3. The highest BCUT2D eigenvalue weighted by Gasteiger charge is 2.24. The number of anilines is 1. The molecule has 0 aliphatic rings. The maximum atomic E-state index is 13.7. The number of rotatable bonds is 4. The number of aliphatic carboxylic acids is 1. The van der Waals surface area contributed by atoms with E-state index < -0.39 is 23.6 Å². The Kier molecular flexibility index (Phi) is 4.20. The Hall–Kier alpha value is -2.14. The van der Waals surface area contributed by atoms with Crippen LogP contribution in [0.25, 0.3) is 0 Å². The van der Waals surface area contributed by atoms with Crippen molar-refractivity contribution in [3.63, 3.8) is 0 Å². The van der Waals surface area contributed by atoms with Gasteiger partial charge in [-0.3, -0.25) is 0 Å². The van der Waals surface area contributed by atoms with Gasteiger partial charge in [0.05, 0.1) is 10.7 Å². The molecular weight excluding hydrogens is 288 g/mol. The molecule has 0 amide bonds. The molecule has 0 saturated heterocycles. The smallest absolute Gasteiger partial charge is 0.330 e. The van der Waals surface area contributed by atoms with E-state index in [4.69, 9.17) is 11.6 Å². The van der Waals surface area contributed by atoms with Crippen molar-refractivity contribution < 1.29 is 18.7 Å². The minimum atomic E-state index is -1.44. The molecule has 0 bridgehead atoms. The predicted octanol–water partition coefficient (Wildman–Crippen LogP) is 3.86. The zero-order valence-corrected chi connectivity index (χ0v) is 10.9. The molecule has 104 valence electrons. The van der Waals surface area contributed by atoms with Crippen LogP contribution in [-0.2, 0) is 4.79 Å². The summed E-state index contributed by atoms with van der Waals surface area (Å²) in [4.78, 5) is 11.3. The molecule has 1 unspecified atom stereocenters. The van der Waals surface area contributed by atoms with Crippen molar-refractivity contribution in [1.29, 1.82) is 0 Å². The van der Waals surface area contributed by atoms with Gasteiger partial charge in [0.1, 0.15) is 11.6 Å². The Balaban J connectivity index is 2.40. The van der Waals surface area contributed by atoms with E-state index in [9.17, 15) is 18.7 Å². The number of hydrogen-bond donors (Lipinski definition) is 2. The fourth-order valence-corrected chi connectivity index (χ4v) is 1.93. The zero-order valence-electron chi connectivity index (χ0n) is 10.1. The highest BCUT2D eigenvalue weighted by atomic mass is 35.5. The fourth-order valence-electron chi connectivity index (χ4n) is 1.74. The van der Waals surface area contributed by atoms with Gasteiger partial charge in [0.15, 0.2) is 6.04 Å². The largest absolute Gasteiger partial charge is 0.479 e. The minimum Gasteiger partial charge on any atom is -0.479 e. The number of benzene rings is 2. The SMILES string of the molecule is O=C(O)C(Nc1ccccc1Cl)c1cc(F)ccc1F. The van der Waals surface area contributed by atoms with E-state index in [-0.39, 0.29) is 10.6 Å². The van der Waals surface area contributed by atoms with Gasteiger partial charge in [-0.05, 0) is 30.3 Å². The van der Waals surface area contributed by atoms with Crippen molar-refractivity contribution in [2.45, 2.75) is 6.04 Å². The van der Waals surface area contributed by atoms with Crippen molar-refractivity contribution in [2.24, 2.45) is 0 Å². The first-order chi connectivity index (χ1) is 9.49. The highest BCUT2D eigenvalue weighted by Crippen LogP contribution is 2.27. The van der Waals surface area contributed by atoms with Crippen molar-refractivity contribution in [3.8, 4) is 0 Å². The van der Waals surface area contributed by atoms with Crippen LogP contribution in [0.3, 0.4) is 0 Å². The summed E-state index contributed by atoms with van der Waals surface area (Å²) in [6.45, 7) is 0. The van der Waals surface area contributed by atoms with Crippen LogP contribution in [0.1, 0.15) is 11.6 Å². The number of para-hydroxylation sites is 1. The van der Waals surface area contributed by atoms with Crippen LogP contribution in [0.15, 0.2) is 42.5 Å². The molecule has 20 heavy (non-hydrogen) atoms. The van der Waals surface area contributed by atoms with E-state index in [2.05, 4.69) is 5.32 Å². The van der Waals surface area contributed by atoms with Crippen LogP contribution < -0.4 is 5.32 Å². The van der Waals surface area contributed by atoms with Crippen molar-refractivity contribution >= 4 is 23.3 Å². The summed E-state index contributed by atoms with van der Waals surface area (Å²) in [6.07, 6.45) is 0. The maximum absolute atomic E-state index is 13.7. The van der Waals surface area contributed by atoms with Gasteiger partial charge in [0.2, 0.25) is 0 Å². The Morgan fingerprint density at radius 3 is 2.55 bits per heavy atom. The van der Waals surface area contributed by atoms with E-state index in [0.717, 1.165) is 18.2 Å². The van der Waals surface area contributed by atoms with Crippen LogP contribution in [0.2, 0.25) is 5.02 Å². The first kappa shape index (κ1) is 14.3. The molecule has 0 aliphatic heterocycles. The first-order valence-electron chi connectivity index (χ1n) is 5.68. The van der Waals surface area contributed by atoms with E-state index in [1.807, 2.05) is 0 Å². The average Bonchev–Trinajstić information content (AvgIpc) is 2.40. The number of carboxylic acid groups (broad SMARTS) is 1. The summed E-state index contributed by atoms with van der Waals surface area (Å²) >= 11 is 5.91. The van der Waals surface area contributed by atoms with Crippen LogP contribution >= 0.6 is 11.6 Å². The fraction of sp³-hybridized carbons (Fsp3) is 0.0714. The molecule has 6 heteroatoms. The summed E-state index contributed by atoms with van der Waals surface area (Å²) in [5, 5.41) is 12.1. The summed E-state index contributed by atoms with van der Waals surface area (Å²) in [7, 11) is 0. The number of carboxylic acids is 1. The molecule has 2 N–H and O–H groups in total. The molecule has 2 rings (SSSR count). The highest BCUT2D eigenvalue weighted by molar-refractivity contribution is 6.33. The third-order valence-corrected chi connectivity index (χ3v) is 3.02. The summed E-state index contributed by atoms with van der Waals surface area (Å²) in [5.74, 6) is -2.86. The topological polar surface area (TPSA) is 49.3 Å². The number of carbonyl (C=O) groups is 1. The summed E-state index contributed by atoms with van der Waals surface area (Å²) < 4.78 is 26.9. The number of nitrogens with one attached hydrogen (secondary N) is 1. The van der Waals surface area contributed by atoms with E-state index in [0.29, 0.717) is 5.69 Å². The van der Waals surface area contributed by atoms with Gasteiger partial charge < -0.3 is 10.4 Å². The second-order valence-corrected chi connectivity index (χ2v) is 4.47. The molecule has 0 heterocycles. The molecule has 2 aromatic rings. The molecule has 0 radical (unpaired) electrons. The lowest BCUT2D eigenvalue weighted by atomic mass is 10.1. The van der Waals surface area contributed by atoms with Gasteiger partial charge in [-0.2, -0.15) is 0 Å². The summed E-state index contributed by atoms with van der Waals surface area (Å²) in [6, 6.07) is 7.65. The van der Waals surface area contributed by atoms with Gasteiger partial charge in [-0.1, -0.05) is 23.7 Å². The Bertz CT molecular complexity index is 649.